The second kappa shape index (κ2) is 4.35. The number of fused-ring (bicyclic) bond motifs is 1. The molecule has 2 aromatic rings. The molecule has 0 aliphatic carbocycles. The van der Waals surface area contributed by atoms with Gasteiger partial charge in [-0.15, -0.1) is 22.9 Å². The number of rotatable bonds is 1. The van der Waals surface area contributed by atoms with Crippen molar-refractivity contribution in [2.45, 2.75) is 25.6 Å². The van der Waals surface area contributed by atoms with Crippen molar-refractivity contribution < 1.29 is 0 Å². The van der Waals surface area contributed by atoms with E-state index in [9.17, 15) is 0 Å². The number of halogens is 1. The Hall–Kier alpha value is -0.870. The molecule has 1 saturated heterocycles. The Morgan fingerprint density at radius 3 is 3.06 bits per heavy atom. The van der Waals surface area contributed by atoms with Crippen LogP contribution in [-0.4, -0.2) is 28.4 Å². The van der Waals surface area contributed by atoms with Crippen molar-refractivity contribution in [1.29, 1.82) is 0 Å². The Morgan fingerprint density at radius 2 is 2.28 bits per heavy atom. The molecule has 2 aromatic heterocycles. The number of hydrogen-bond acceptors (Lipinski definition) is 4. The van der Waals surface area contributed by atoms with E-state index in [0.29, 0.717) is 0 Å². The minimum atomic E-state index is 0.118. The first-order valence-corrected chi connectivity index (χ1v) is 7.47. The highest BCUT2D eigenvalue weighted by Crippen LogP contribution is 2.37. The van der Waals surface area contributed by atoms with Gasteiger partial charge in [0.15, 0.2) is 0 Å². The van der Waals surface area contributed by atoms with Crippen LogP contribution in [0.5, 0.6) is 0 Å². The predicted molar refractivity (Wildman–Crippen MR) is 77.7 cm³/mol. The summed E-state index contributed by atoms with van der Waals surface area (Å²) in [6.45, 7) is 6.37. The quantitative estimate of drug-likeness (QED) is 0.749. The van der Waals surface area contributed by atoms with Gasteiger partial charge < -0.3 is 4.90 Å². The number of alkyl halides is 1. The maximum Gasteiger partial charge on any atom is 0.140 e. The molecule has 3 nitrogen and oxygen atoms in total. The first-order chi connectivity index (χ1) is 8.58. The molecule has 1 unspecified atom stereocenters. The number of thiophene rings is 1. The minimum Gasteiger partial charge on any atom is -0.355 e. The first-order valence-electron chi connectivity index (χ1n) is 6.15. The average Bonchev–Trinajstić information content (AvgIpc) is 2.80. The second-order valence-corrected chi connectivity index (χ2v) is 6.92. The summed E-state index contributed by atoms with van der Waals surface area (Å²) in [6.07, 6.45) is 2.66. The lowest BCUT2D eigenvalue weighted by Crippen LogP contribution is -2.47. The summed E-state index contributed by atoms with van der Waals surface area (Å²) in [7, 11) is 0. The van der Waals surface area contributed by atoms with Gasteiger partial charge in [0.1, 0.15) is 17.0 Å². The number of anilines is 1. The second-order valence-electron chi connectivity index (χ2n) is 5.50. The van der Waals surface area contributed by atoms with E-state index in [1.165, 1.54) is 0 Å². The lowest BCUT2D eigenvalue weighted by molar-refractivity contribution is 0.300. The molecule has 0 N–H and O–H groups in total. The van der Waals surface area contributed by atoms with Crippen molar-refractivity contribution in [2.75, 3.05) is 18.0 Å². The molecule has 1 aliphatic heterocycles. The van der Waals surface area contributed by atoms with Gasteiger partial charge in [0, 0.05) is 18.5 Å². The lowest BCUT2D eigenvalue weighted by Gasteiger charge is -2.42. The van der Waals surface area contributed by atoms with E-state index in [2.05, 4.69) is 40.2 Å². The van der Waals surface area contributed by atoms with Crippen molar-refractivity contribution in [1.82, 2.24) is 9.97 Å². The fourth-order valence-electron chi connectivity index (χ4n) is 2.54. The molecule has 1 fully saturated rings. The molecule has 1 atom stereocenters. The molecule has 0 amide bonds. The summed E-state index contributed by atoms with van der Waals surface area (Å²) >= 11 is 8.06. The highest BCUT2D eigenvalue weighted by Gasteiger charge is 2.35. The maximum atomic E-state index is 6.40. The molecule has 0 aromatic carbocycles. The molecule has 18 heavy (non-hydrogen) atoms. The molecule has 0 bridgehead atoms. The van der Waals surface area contributed by atoms with Gasteiger partial charge in [-0.2, -0.15) is 0 Å². The van der Waals surface area contributed by atoms with Crippen molar-refractivity contribution >= 4 is 39.0 Å². The Balaban J connectivity index is 1.98. The molecule has 0 radical (unpaired) electrons. The zero-order valence-electron chi connectivity index (χ0n) is 10.6. The Bertz CT molecular complexity index is 566. The smallest absolute Gasteiger partial charge is 0.140 e. The van der Waals surface area contributed by atoms with Crippen LogP contribution in [0.25, 0.3) is 10.2 Å². The first kappa shape index (κ1) is 12.2. The summed E-state index contributed by atoms with van der Waals surface area (Å²) in [6, 6.07) is 2.11. The van der Waals surface area contributed by atoms with Crippen LogP contribution in [0.1, 0.15) is 20.3 Å². The van der Waals surface area contributed by atoms with E-state index >= 15 is 0 Å². The van der Waals surface area contributed by atoms with Gasteiger partial charge in [-0.05, 0) is 23.3 Å². The zero-order valence-corrected chi connectivity index (χ0v) is 12.1. The maximum absolute atomic E-state index is 6.40. The van der Waals surface area contributed by atoms with Crippen molar-refractivity contribution in [2.24, 2.45) is 5.41 Å². The summed E-state index contributed by atoms with van der Waals surface area (Å²) in [5.41, 5.74) is 0.118. The number of piperidine rings is 1. The highest BCUT2D eigenvalue weighted by atomic mass is 35.5. The van der Waals surface area contributed by atoms with Crippen molar-refractivity contribution in [3.05, 3.63) is 17.8 Å². The summed E-state index contributed by atoms with van der Waals surface area (Å²) in [4.78, 5) is 12.2. The van der Waals surface area contributed by atoms with E-state index in [-0.39, 0.29) is 10.8 Å². The largest absolute Gasteiger partial charge is 0.355 e. The van der Waals surface area contributed by atoms with Gasteiger partial charge in [0.05, 0.1) is 5.39 Å². The molecule has 3 heterocycles. The van der Waals surface area contributed by atoms with Crippen LogP contribution in [0.15, 0.2) is 17.8 Å². The average molecular weight is 282 g/mol. The van der Waals surface area contributed by atoms with Gasteiger partial charge in [-0.25, -0.2) is 9.97 Å². The normalized spacial score (nSPS) is 23.5. The topological polar surface area (TPSA) is 29.0 Å². The van der Waals surface area contributed by atoms with Crippen LogP contribution in [-0.2, 0) is 0 Å². The third-order valence-corrected chi connectivity index (χ3v) is 5.27. The molecule has 96 valence electrons. The summed E-state index contributed by atoms with van der Waals surface area (Å²) < 4.78 is 0. The number of aromatic nitrogens is 2. The summed E-state index contributed by atoms with van der Waals surface area (Å²) in [5.74, 6) is 1.05. The predicted octanol–water partition coefficient (Wildman–Crippen LogP) is 3.54. The van der Waals surface area contributed by atoms with Gasteiger partial charge in [-0.1, -0.05) is 13.8 Å². The SMILES string of the molecule is CC1(C)CN(c2ncnc3sccc23)CCC1Cl. The van der Waals surface area contributed by atoms with Crippen LogP contribution in [0.4, 0.5) is 5.82 Å². The van der Waals surface area contributed by atoms with E-state index in [1.54, 1.807) is 17.7 Å². The zero-order chi connectivity index (χ0) is 12.8. The lowest BCUT2D eigenvalue weighted by atomic mass is 9.83. The van der Waals surface area contributed by atoms with Crippen LogP contribution >= 0.6 is 22.9 Å². The van der Waals surface area contributed by atoms with Gasteiger partial charge in [0.2, 0.25) is 0 Å². The fraction of sp³-hybridized carbons (Fsp3) is 0.538. The molecule has 0 saturated carbocycles. The highest BCUT2D eigenvalue weighted by molar-refractivity contribution is 7.16. The fourth-order valence-corrected chi connectivity index (χ4v) is 3.43. The van der Waals surface area contributed by atoms with Crippen molar-refractivity contribution in [3.8, 4) is 0 Å². The number of hydrogen-bond donors (Lipinski definition) is 0. The Kier molecular flexibility index (Phi) is 2.94. The third-order valence-electron chi connectivity index (χ3n) is 3.64. The Labute approximate surface area is 116 Å². The van der Waals surface area contributed by atoms with E-state index in [4.69, 9.17) is 11.6 Å². The molecule has 3 rings (SSSR count). The molecular weight excluding hydrogens is 266 g/mol. The molecular formula is C13H16ClN3S. The van der Waals surface area contributed by atoms with Crippen molar-refractivity contribution in [3.63, 3.8) is 0 Å². The molecule has 1 aliphatic rings. The minimum absolute atomic E-state index is 0.118. The van der Waals surface area contributed by atoms with E-state index in [0.717, 1.165) is 35.5 Å². The van der Waals surface area contributed by atoms with Crippen LogP contribution < -0.4 is 4.90 Å². The summed E-state index contributed by atoms with van der Waals surface area (Å²) in [5, 5.41) is 3.47. The van der Waals surface area contributed by atoms with Crippen LogP contribution in [0, 0.1) is 5.41 Å². The monoisotopic (exact) mass is 281 g/mol. The molecule has 0 spiro atoms. The van der Waals surface area contributed by atoms with E-state index < -0.39 is 0 Å². The number of nitrogens with zero attached hydrogens (tertiary/aromatic N) is 3. The third kappa shape index (κ3) is 1.97. The van der Waals surface area contributed by atoms with Gasteiger partial charge in [0.25, 0.3) is 0 Å². The van der Waals surface area contributed by atoms with E-state index in [1.807, 2.05) is 0 Å². The van der Waals surface area contributed by atoms with Gasteiger partial charge >= 0.3 is 0 Å². The van der Waals surface area contributed by atoms with Crippen LogP contribution in [0.3, 0.4) is 0 Å². The molecule has 5 heteroatoms. The van der Waals surface area contributed by atoms with Crippen LogP contribution in [0.2, 0.25) is 0 Å². The Morgan fingerprint density at radius 1 is 1.44 bits per heavy atom. The van der Waals surface area contributed by atoms with Gasteiger partial charge in [-0.3, -0.25) is 0 Å². The standard InChI is InChI=1S/C13H16ClN3S/c1-13(2)7-17(5-3-10(13)14)11-9-4-6-18-12(9)16-8-15-11/h4,6,8,10H,3,5,7H2,1-2H3.